The Bertz CT molecular complexity index is 937. The Labute approximate surface area is 143 Å². The highest BCUT2D eigenvalue weighted by Gasteiger charge is 2.22. The van der Waals surface area contributed by atoms with E-state index in [0.717, 1.165) is 10.8 Å². The molecule has 1 amide bonds. The number of nitrogens with zero attached hydrogens (tertiary/aromatic N) is 2. The second-order valence-electron chi connectivity index (χ2n) is 5.36. The lowest BCUT2D eigenvalue weighted by Gasteiger charge is -2.15. The fourth-order valence-corrected chi connectivity index (χ4v) is 2.42. The van der Waals surface area contributed by atoms with Crippen molar-refractivity contribution in [3.63, 3.8) is 0 Å². The molecule has 25 heavy (non-hydrogen) atoms. The summed E-state index contributed by atoms with van der Waals surface area (Å²) in [7, 11) is 0. The first-order valence-corrected chi connectivity index (χ1v) is 7.61. The van der Waals surface area contributed by atoms with Crippen LogP contribution in [-0.4, -0.2) is 21.9 Å². The van der Waals surface area contributed by atoms with E-state index < -0.39 is 22.8 Å². The van der Waals surface area contributed by atoms with Crippen LogP contribution < -0.4 is 10.1 Å². The maximum atomic E-state index is 12.4. The van der Waals surface area contributed by atoms with E-state index in [2.05, 4.69) is 10.3 Å². The molecule has 7 heteroatoms. The SMILES string of the molecule is CC(Oc1cccnc1[N+](=O)[O-])C(=O)Nc1cccc2ccccc12. The largest absolute Gasteiger partial charge is 0.473 e. The first kappa shape index (κ1) is 16.4. The molecule has 1 atom stereocenters. The summed E-state index contributed by atoms with van der Waals surface area (Å²) in [6, 6.07) is 16.2. The predicted octanol–water partition coefficient (Wildman–Crippen LogP) is 3.55. The normalized spacial score (nSPS) is 11.7. The molecule has 0 radical (unpaired) electrons. The summed E-state index contributed by atoms with van der Waals surface area (Å²) in [6.07, 6.45) is 0.369. The molecule has 0 spiro atoms. The van der Waals surface area contributed by atoms with Gasteiger partial charge in [0.1, 0.15) is 6.20 Å². The van der Waals surface area contributed by atoms with Crippen LogP contribution in [0.15, 0.2) is 60.8 Å². The number of amides is 1. The lowest BCUT2D eigenvalue weighted by Crippen LogP contribution is -2.30. The van der Waals surface area contributed by atoms with Gasteiger partial charge in [0.2, 0.25) is 5.75 Å². The molecular weight excluding hydrogens is 322 g/mol. The summed E-state index contributed by atoms with van der Waals surface area (Å²) in [5, 5.41) is 15.7. The molecule has 0 bridgehead atoms. The average Bonchev–Trinajstić information content (AvgIpc) is 2.62. The Morgan fingerprint density at radius 2 is 1.92 bits per heavy atom. The highest BCUT2D eigenvalue weighted by Crippen LogP contribution is 2.26. The molecule has 0 aliphatic carbocycles. The summed E-state index contributed by atoms with van der Waals surface area (Å²) in [5.74, 6) is -0.880. The lowest BCUT2D eigenvalue weighted by molar-refractivity contribution is -0.390. The van der Waals surface area contributed by atoms with E-state index in [0.29, 0.717) is 5.69 Å². The molecule has 0 saturated heterocycles. The minimum absolute atomic E-state index is 0.0481. The zero-order chi connectivity index (χ0) is 17.8. The number of anilines is 1. The summed E-state index contributed by atoms with van der Waals surface area (Å²) in [4.78, 5) is 26.4. The second kappa shape index (κ2) is 6.96. The molecule has 3 rings (SSSR count). The standard InChI is InChI=1S/C18H15N3O4/c1-12(25-16-10-5-11-19-17(16)21(23)24)18(22)20-15-9-4-7-13-6-2-3-8-14(13)15/h2-12H,1H3,(H,20,22). The summed E-state index contributed by atoms with van der Waals surface area (Å²) in [5.41, 5.74) is 0.652. The van der Waals surface area contributed by atoms with Gasteiger partial charge in [-0.15, -0.1) is 0 Å². The Morgan fingerprint density at radius 1 is 1.16 bits per heavy atom. The number of fused-ring (bicyclic) bond motifs is 1. The third-order valence-electron chi connectivity index (χ3n) is 3.64. The van der Waals surface area contributed by atoms with Crippen LogP contribution >= 0.6 is 0 Å². The number of benzene rings is 2. The quantitative estimate of drug-likeness (QED) is 0.567. The van der Waals surface area contributed by atoms with E-state index in [4.69, 9.17) is 4.74 Å². The number of ether oxygens (including phenoxy) is 1. The number of pyridine rings is 1. The average molecular weight is 337 g/mol. The molecule has 1 unspecified atom stereocenters. The Morgan fingerprint density at radius 3 is 2.72 bits per heavy atom. The van der Waals surface area contributed by atoms with Crippen molar-refractivity contribution in [1.29, 1.82) is 0 Å². The van der Waals surface area contributed by atoms with Gasteiger partial charge in [0, 0.05) is 11.1 Å². The number of hydrogen-bond acceptors (Lipinski definition) is 5. The number of aromatic nitrogens is 1. The van der Waals surface area contributed by atoms with Crippen LogP contribution in [0.2, 0.25) is 0 Å². The smallest absolute Gasteiger partial charge is 0.406 e. The van der Waals surface area contributed by atoms with Gasteiger partial charge >= 0.3 is 5.82 Å². The molecular formula is C18H15N3O4. The summed E-state index contributed by atoms with van der Waals surface area (Å²) in [6.45, 7) is 1.52. The van der Waals surface area contributed by atoms with Crippen molar-refractivity contribution in [1.82, 2.24) is 4.98 Å². The van der Waals surface area contributed by atoms with E-state index >= 15 is 0 Å². The first-order valence-electron chi connectivity index (χ1n) is 7.61. The van der Waals surface area contributed by atoms with Crippen molar-refractivity contribution >= 4 is 28.2 Å². The van der Waals surface area contributed by atoms with Gasteiger partial charge in [-0.2, -0.15) is 0 Å². The van der Waals surface area contributed by atoms with Gasteiger partial charge in [0.05, 0.1) is 0 Å². The lowest BCUT2D eigenvalue weighted by atomic mass is 10.1. The van der Waals surface area contributed by atoms with Crippen LogP contribution in [0, 0.1) is 10.1 Å². The second-order valence-corrected chi connectivity index (χ2v) is 5.36. The maximum absolute atomic E-state index is 12.4. The number of rotatable bonds is 5. The Kier molecular flexibility index (Phi) is 4.56. The molecule has 0 aliphatic rings. The van der Waals surface area contributed by atoms with Crippen LogP contribution in [0.3, 0.4) is 0 Å². The van der Waals surface area contributed by atoms with E-state index in [1.165, 1.54) is 25.3 Å². The van der Waals surface area contributed by atoms with Crippen molar-refractivity contribution in [3.8, 4) is 5.75 Å². The molecule has 1 N–H and O–H groups in total. The fourth-order valence-electron chi connectivity index (χ4n) is 2.42. The van der Waals surface area contributed by atoms with Crippen LogP contribution in [0.5, 0.6) is 5.75 Å². The van der Waals surface area contributed by atoms with Gasteiger partial charge in [0.15, 0.2) is 6.10 Å². The minimum atomic E-state index is -0.929. The number of nitrogens with one attached hydrogen (secondary N) is 1. The Hall–Kier alpha value is -3.48. The van der Waals surface area contributed by atoms with Crippen LogP contribution in [0.4, 0.5) is 11.5 Å². The van der Waals surface area contributed by atoms with Gasteiger partial charge < -0.3 is 20.2 Å². The van der Waals surface area contributed by atoms with Crippen molar-refractivity contribution in [2.24, 2.45) is 0 Å². The molecule has 1 heterocycles. The van der Waals surface area contributed by atoms with Crippen LogP contribution in [0.25, 0.3) is 10.8 Å². The zero-order valence-electron chi connectivity index (χ0n) is 13.4. The minimum Gasteiger partial charge on any atom is -0.473 e. The van der Waals surface area contributed by atoms with Gasteiger partial charge in [0.25, 0.3) is 5.91 Å². The molecule has 1 aromatic heterocycles. The molecule has 7 nitrogen and oxygen atoms in total. The first-order chi connectivity index (χ1) is 12.1. The third kappa shape index (κ3) is 3.55. The topological polar surface area (TPSA) is 94.4 Å². The number of nitro groups is 1. The molecule has 0 aliphatic heterocycles. The third-order valence-corrected chi connectivity index (χ3v) is 3.64. The zero-order valence-corrected chi connectivity index (χ0v) is 13.4. The summed E-state index contributed by atoms with van der Waals surface area (Å²) >= 11 is 0. The van der Waals surface area contributed by atoms with E-state index in [1.54, 1.807) is 6.07 Å². The molecule has 0 fully saturated rings. The van der Waals surface area contributed by atoms with Crippen molar-refractivity contribution < 1.29 is 14.5 Å². The highest BCUT2D eigenvalue weighted by atomic mass is 16.6. The van der Waals surface area contributed by atoms with Crippen LogP contribution in [-0.2, 0) is 4.79 Å². The highest BCUT2D eigenvalue weighted by molar-refractivity contribution is 6.03. The van der Waals surface area contributed by atoms with Crippen LogP contribution in [0.1, 0.15) is 6.92 Å². The fraction of sp³-hybridized carbons (Fsp3) is 0.111. The molecule has 3 aromatic rings. The van der Waals surface area contributed by atoms with E-state index in [1.807, 2.05) is 36.4 Å². The Balaban J connectivity index is 1.78. The molecule has 126 valence electrons. The van der Waals surface area contributed by atoms with E-state index in [9.17, 15) is 14.9 Å². The van der Waals surface area contributed by atoms with Crippen molar-refractivity contribution in [3.05, 3.63) is 70.9 Å². The van der Waals surface area contributed by atoms with Crippen molar-refractivity contribution in [2.45, 2.75) is 13.0 Å². The van der Waals surface area contributed by atoms with Gasteiger partial charge in [-0.05, 0) is 40.4 Å². The van der Waals surface area contributed by atoms with Gasteiger partial charge in [-0.3, -0.25) is 4.79 Å². The van der Waals surface area contributed by atoms with Gasteiger partial charge in [-0.25, -0.2) is 0 Å². The monoisotopic (exact) mass is 337 g/mol. The predicted molar refractivity (Wildman–Crippen MR) is 93.6 cm³/mol. The summed E-state index contributed by atoms with van der Waals surface area (Å²) < 4.78 is 5.44. The van der Waals surface area contributed by atoms with Crippen molar-refractivity contribution in [2.75, 3.05) is 5.32 Å². The maximum Gasteiger partial charge on any atom is 0.406 e. The number of hydrogen-bond donors (Lipinski definition) is 1. The van der Waals surface area contributed by atoms with Gasteiger partial charge in [-0.1, -0.05) is 36.4 Å². The number of carbonyl (C=O) groups excluding carboxylic acids is 1. The number of carbonyl (C=O) groups is 1. The van der Waals surface area contributed by atoms with E-state index in [-0.39, 0.29) is 5.75 Å². The molecule has 0 saturated carbocycles. The molecule has 2 aromatic carbocycles.